The van der Waals surface area contributed by atoms with Crippen LogP contribution in [0, 0.1) is 5.92 Å². The number of sulfonamides is 1. The second kappa shape index (κ2) is 12.1. The number of carbonyl (C=O) groups excluding carboxylic acids is 1. The van der Waals surface area contributed by atoms with E-state index in [9.17, 15) is 18.3 Å². The highest BCUT2D eigenvalue weighted by Gasteiger charge is 2.31. The van der Waals surface area contributed by atoms with Crippen molar-refractivity contribution in [2.45, 2.75) is 50.3 Å². The van der Waals surface area contributed by atoms with Gasteiger partial charge in [-0.25, -0.2) is 8.42 Å². The van der Waals surface area contributed by atoms with E-state index in [1.807, 2.05) is 44.2 Å². The van der Waals surface area contributed by atoms with Gasteiger partial charge in [0, 0.05) is 13.1 Å². The van der Waals surface area contributed by atoms with Crippen molar-refractivity contribution >= 4 is 15.9 Å². The summed E-state index contributed by atoms with van der Waals surface area (Å²) >= 11 is 0. The highest BCUT2D eigenvalue weighted by molar-refractivity contribution is 7.89. The van der Waals surface area contributed by atoms with E-state index in [4.69, 9.17) is 0 Å². The molecule has 7 nitrogen and oxygen atoms in total. The van der Waals surface area contributed by atoms with Crippen LogP contribution in [0.3, 0.4) is 0 Å². The third-order valence-electron chi connectivity index (χ3n) is 5.26. The van der Waals surface area contributed by atoms with Crippen LogP contribution < -0.4 is 10.6 Å². The Bertz CT molecular complexity index is 936. The van der Waals surface area contributed by atoms with Crippen molar-refractivity contribution in [2.75, 3.05) is 20.1 Å². The van der Waals surface area contributed by atoms with Gasteiger partial charge in [0.25, 0.3) is 0 Å². The normalized spacial score (nSPS) is 14.8. The minimum Gasteiger partial charge on any atom is -0.390 e. The molecule has 3 unspecified atom stereocenters. The van der Waals surface area contributed by atoms with E-state index in [2.05, 4.69) is 10.6 Å². The highest BCUT2D eigenvalue weighted by atomic mass is 32.2. The van der Waals surface area contributed by atoms with E-state index in [0.29, 0.717) is 6.42 Å². The van der Waals surface area contributed by atoms with Gasteiger partial charge < -0.3 is 15.7 Å². The molecule has 3 atom stereocenters. The maximum absolute atomic E-state index is 13.3. The molecule has 0 bridgehead atoms. The molecule has 1 amide bonds. The molecule has 0 aliphatic heterocycles. The fourth-order valence-electron chi connectivity index (χ4n) is 3.35. The van der Waals surface area contributed by atoms with E-state index in [0.717, 1.165) is 5.56 Å². The molecule has 0 heterocycles. The van der Waals surface area contributed by atoms with Crippen molar-refractivity contribution in [3.63, 3.8) is 0 Å². The number of likely N-dealkylation sites (N-methyl/N-ethyl adjacent to an activating group) is 1. The second-order valence-electron chi connectivity index (χ2n) is 8.41. The van der Waals surface area contributed by atoms with E-state index in [-0.39, 0.29) is 29.8 Å². The van der Waals surface area contributed by atoms with Crippen molar-refractivity contribution in [3.05, 3.63) is 66.2 Å². The molecular formula is C24H35N3O4S. The van der Waals surface area contributed by atoms with Gasteiger partial charge in [0.2, 0.25) is 15.9 Å². The summed E-state index contributed by atoms with van der Waals surface area (Å²) in [6, 6.07) is 16.6. The molecule has 0 aliphatic rings. The summed E-state index contributed by atoms with van der Waals surface area (Å²) < 4.78 is 27.9. The first-order valence-electron chi connectivity index (χ1n) is 10.9. The highest BCUT2D eigenvalue weighted by Crippen LogP contribution is 2.19. The topological polar surface area (TPSA) is 98.7 Å². The van der Waals surface area contributed by atoms with E-state index >= 15 is 0 Å². The Kier molecular flexibility index (Phi) is 9.84. The van der Waals surface area contributed by atoms with E-state index < -0.39 is 28.2 Å². The lowest BCUT2D eigenvalue weighted by atomic mass is 10.0. The Hall–Kier alpha value is -2.26. The van der Waals surface area contributed by atoms with E-state index in [1.165, 1.54) is 4.31 Å². The first kappa shape index (κ1) is 26.0. The summed E-state index contributed by atoms with van der Waals surface area (Å²) in [6.45, 7) is 5.72. The van der Waals surface area contributed by atoms with Gasteiger partial charge in [0.05, 0.1) is 23.1 Å². The number of nitrogens with zero attached hydrogens (tertiary/aromatic N) is 1. The van der Waals surface area contributed by atoms with Crippen LogP contribution in [0.15, 0.2) is 65.6 Å². The fourth-order valence-corrected chi connectivity index (χ4v) is 4.99. The largest absolute Gasteiger partial charge is 0.390 e. The Labute approximate surface area is 191 Å². The Morgan fingerprint density at radius 2 is 1.53 bits per heavy atom. The zero-order valence-corrected chi connectivity index (χ0v) is 20.0. The summed E-state index contributed by atoms with van der Waals surface area (Å²) in [5, 5.41) is 16.9. The zero-order valence-electron chi connectivity index (χ0n) is 19.2. The quantitative estimate of drug-likeness (QED) is 0.449. The van der Waals surface area contributed by atoms with Crippen molar-refractivity contribution < 1.29 is 18.3 Å². The van der Waals surface area contributed by atoms with Crippen LogP contribution in [-0.2, 0) is 21.2 Å². The molecule has 0 radical (unpaired) electrons. The van der Waals surface area contributed by atoms with Gasteiger partial charge in [-0.05, 0) is 44.0 Å². The lowest BCUT2D eigenvalue weighted by Crippen LogP contribution is -2.54. The zero-order chi connectivity index (χ0) is 23.7. The summed E-state index contributed by atoms with van der Waals surface area (Å²) in [7, 11) is -2.11. The summed E-state index contributed by atoms with van der Waals surface area (Å²) in [6.07, 6.45) is -0.717. The molecule has 0 saturated carbocycles. The molecule has 2 rings (SSSR count). The Morgan fingerprint density at radius 1 is 0.969 bits per heavy atom. The lowest BCUT2D eigenvalue weighted by Gasteiger charge is -2.31. The van der Waals surface area contributed by atoms with Gasteiger partial charge in [-0.1, -0.05) is 62.4 Å². The van der Waals surface area contributed by atoms with Crippen LogP contribution in [-0.4, -0.2) is 62.1 Å². The number of nitrogens with one attached hydrogen (secondary N) is 2. The first-order chi connectivity index (χ1) is 15.1. The summed E-state index contributed by atoms with van der Waals surface area (Å²) in [5.41, 5.74) is 0.940. The van der Waals surface area contributed by atoms with Crippen LogP contribution in [0.2, 0.25) is 0 Å². The monoisotopic (exact) mass is 461 g/mol. The van der Waals surface area contributed by atoms with Gasteiger partial charge in [-0.15, -0.1) is 0 Å². The summed E-state index contributed by atoms with van der Waals surface area (Å²) in [4.78, 5) is 12.7. The number of hydrogen-bond donors (Lipinski definition) is 3. The van der Waals surface area contributed by atoms with Crippen LogP contribution in [0.5, 0.6) is 0 Å². The lowest BCUT2D eigenvalue weighted by molar-refractivity contribution is -0.124. The molecule has 8 heteroatoms. The SMILES string of the molecule is CNC(C)C(=O)NC(Cc1ccccc1)C(O)CN(CC(C)C)S(=O)(=O)c1ccccc1. The van der Waals surface area contributed by atoms with Crippen LogP contribution in [0.25, 0.3) is 0 Å². The van der Waals surface area contributed by atoms with Crippen LogP contribution in [0.4, 0.5) is 0 Å². The molecular weight excluding hydrogens is 426 g/mol. The third-order valence-corrected chi connectivity index (χ3v) is 7.10. The standard InChI is InChI=1S/C24H35N3O4S/c1-18(2)16-27(32(30,31)21-13-9-6-10-14-21)17-23(28)22(26-24(29)19(3)25-4)15-20-11-7-5-8-12-20/h5-14,18-19,22-23,25,28H,15-17H2,1-4H3,(H,26,29). The van der Waals surface area contributed by atoms with Crippen molar-refractivity contribution in [3.8, 4) is 0 Å². The van der Waals surface area contributed by atoms with Gasteiger partial charge in [-0.3, -0.25) is 4.79 Å². The van der Waals surface area contributed by atoms with Crippen LogP contribution >= 0.6 is 0 Å². The van der Waals surface area contributed by atoms with Gasteiger partial charge in [0.1, 0.15) is 0 Å². The fraction of sp³-hybridized carbons (Fsp3) is 0.458. The minimum absolute atomic E-state index is 0.0622. The predicted molar refractivity (Wildman–Crippen MR) is 127 cm³/mol. The maximum Gasteiger partial charge on any atom is 0.243 e. The maximum atomic E-state index is 13.3. The smallest absolute Gasteiger partial charge is 0.243 e. The number of aliphatic hydroxyl groups is 1. The second-order valence-corrected chi connectivity index (χ2v) is 10.3. The third kappa shape index (κ3) is 7.41. The average molecular weight is 462 g/mol. The van der Waals surface area contributed by atoms with Crippen molar-refractivity contribution in [1.29, 1.82) is 0 Å². The molecule has 0 aliphatic carbocycles. The molecule has 32 heavy (non-hydrogen) atoms. The average Bonchev–Trinajstić information content (AvgIpc) is 2.78. The molecule has 3 N–H and O–H groups in total. The molecule has 2 aromatic rings. The minimum atomic E-state index is -3.80. The number of hydrogen-bond acceptors (Lipinski definition) is 5. The number of amides is 1. The summed E-state index contributed by atoms with van der Waals surface area (Å²) in [5.74, 6) is -0.194. The van der Waals surface area contributed by atoms with Crippen molar-refractivity contribution in [2.24, 2.45) is 5.92 Å². The molecule has 0 fully saturated rings. The molecule has 0 aromatic heterocycles. The van der Waals surface area contributed by atoms with Crippen molar-refractivity contribution in [1.82, 2.24) is 14.9 Å². The molecule has 2 aromatic carbocycles. The van der Waals surface area contributed by atoms with Crippen LogP contribution in [0.1, 0.15) is 26.3 Å². The Morgan fingerprint density at radius 3 is 2.06 bits per heavy atom. The Balaban J connectivity index is 2.29. The number of aliphatic hydroxyl groups excluding tert-OH is 1. The predicted octanol–water partition coefficient (Wildman–Crippen LogP) is 2.03. The molecule has 0 spiro atoms. The number of rotatable bonds is 12. The van der Waals surface area contributed by atoms with Gasteiger partial charge in [-0.2, -0.15) is 4.31 Å². The number of carbonyl (C=O) groups is 1. The van der Waals surface area contributed by atoms with E-state index in [1.54, 1.807) is 44.3 Å². The molecule has 176 valence electrons. The van der Waals surface area contributed by atoms with Gasteiger partial charge >= 0.3 is 0 Å². The molecule has 0 saturated heterocycles. The van der Waals surface area contributed by atoms with Gasteiger partial charge in [0.15, 0.2) is 0 Å². The number of benzene rings is 2. The first-order valence-corrected chi connectivity index (χ1v) is 12.3.